The molecule has 0 aliphatic heterocycles. The summed E-state index contributed by atoms with van der Waals surface area (Å²) < 4.78 is 17.1. The van der Waals surface area contributed by atoms with Crippen LogP contribution in [-0.2, 0) is 23.2 Å². The minimum atomic E-state index is -0.426. The summed E-state index contributed by atoms with van der Waals surface area (Å²) in [5.41, 5.74) is 5.82. The van der Waals surface area contributed by atoms with Gasteiger partial charge in [-0.25, -0.2) is 14.4 Å². The average Bonchev–Trinajstić information content (AvgIpc) is 3.33. The molecule has 39 heavy (non-hydrogen) atoms. The van der Waals surface area contributed by atoms with Crippen LogP contribution in [0.25, 0.3) is 28.0 Å². The molecule has 4 heterocycles. The molecule has 1 aromatic carbocycles. The first kappa shape index (κ1) is 25.3. The number of nitrogens with one attached hydrogen (secondary N) is 1. The normalized spacial score (nSPS) is 14.2. The van der Waals surface area contributed by atoms with E-state index in [-0.39, 0.29) is 17.7 Å². The van der Waals surface area contributed by atoms with Crippen LogP contribution in [0.4, 0.5) is 9.52 Å². The van der Waals surface area contributed by atoms with Gasteiger partial charge in [0.05, 0.1) is 24.0 Å². The summed E-state index contributed by atoms with van der Waals surface area (Å²) in [5.74, 6) is -0.706. The molecular formula is C30H29FN6OS. The van der Waals surface area contributed by atoms with Crippen molar-refractivity contribution in [2.45, 2.75) is 38.1 Å². The van der Waals surface area contributed by atoms with Crippen LogP contribution in [0.15, 0.2) is 67.3 Å². The number of carbonyl (C=O) groups excluding carboxylic acids is 1. The molecule has 0 atom stereocenters. The maximum Gasteiger partial charge on any atom is 0.230 e. The third kappa shape index (κ3) is 5.20. The molecule has 1 N–H and O–H groups in total. The maximum absolute atomic E-state index is 15.2. The highest BCUT2D eigenvalue weighted by atomic mass is 32.1. The monoisotopic (exact) mass is 540 g/mol. The Kier molecular flexibility index (Phi) is 6.48. The van der Waals surface area contributed by atoms with Gasteiger partial charge in [-0.3, -0.25) is 14.2 Å². The molecule has 6 rings (SSSR count). The molecule has 9 heteroatoms. The maximum atomic E-state index is 15.2. The Hall–Kier alpha value is -3.95. The number of benzene rings is 1. The minimum absolute atomic E-state index is 0.0657. The van der Waals surface area contributed by atoms with Crippen LogP contribution in [-0.4, -0.2) is 44.3 Å². The number of imidazole rings is 1. The highest BCUT2D eigenvalue weighted by Gasteiger charge is 2.43. The third-order valence-corrected chi connectivity index (χ3v) is 8.50. The van der Waals surface area contributed by atoms with Gasteiger partial charge in [0, 0.05) is 41.0 Å². The van der Waals surface area contributed by atoms with E-state index in [1.54, 1.807) is 24.7 Å². The van der Waals surface area contributed by atoms with Crippen molar-refractivity contribution in [3.8, 4) is 22.4 Å². The van der Waals surface area contributed by atoms with Gasteiger partial charge in [0.2, 0.25) is 5.91 Å². The van der Waals surface area contributed by atoms with Crippen LogP contribution in [0, 0.1) is 5.82 Å². The molecular weight excluding hydrogens is 511 g/mol. The second kappa shape index (κ2) is 9.98. The highest BCUT2D eigenvalue weighted by molar-refractivity contribution is 7.16. The standard InChI is InChI=1S/C30H29FN6OS/c1-30(9-10-30)28-24(18-36(2)3)34-29(39-28)35-27(38)16-21-4-5-22(14-23(21)31)25-17-33-26-15-20(8-13-37(25)26)19-6-11-32-12-7-19/h4-8,11-15,17H,9-10,16,18H2,1-3H3,(H,34,35,38). The lowest BCUT2D eigenvalue weighted by atomic mass is 10.1. The highest BCUT2D eigenvalue weighted by Crippen LogP contribution is 2.51. The first-order valence-corrected chi connectivity index (χ1v) is 13.7. The van der Waals surface area contributed by atoms with Crippen LogP contribution in [0.5, 0.6) is 0 Å². The van der Waals surface area contributed by atoms with Crippen LogP contribution in [0.2, 0.25) is 0 Å². The number of thiazole rings is 1. The minimum Gasteiger partial charge on any atom is -0.304 e. The van der Waals surface area contributed by atoms with Gasteiger partial charge >= 0.3 is 0 Å². The number of carbonyl (C=O) groups is 1. The van der Waals surface area contributed by atoms with Crippen molar-refractivity contribution in [2.24, 2.45) is 0 Å². The summed E-state index contributed by atoms with van der Waals surface area (Å²) in [4.78, 5) is 29.5. The molecule has 0 unspecified atom stereocenters. The summed E-state index contributed by atoms with van der Waals surface area (Å²) in [6.45, 7) is 2.97. The predicted molar refractivity (Wildman–Crippen MR) is 152 cm³/mol. The topological polar surface area (TPSA) is 75.4 Å². The molecule has 4 aromatic heterocycles. The second-order valence-corrected chi connectivity index (χ2v) is 11.6. The Morgan fingerprint density at radius 2 is 1.90 bits per heavy atom. The van der Waals surface area contributed by atoms with Crippen LogP contribution >= 0.6 is 11.3 Å². The van der Waals surface area contributed by atoms with Crippen LogP contribution < -0.4 is 5.32 Å². The van der Waals surface area contributed by atoms with Gasteiger partial charge < -0.3 is 10.2 Å². The molecule has 1 fully saturated rings. The fourth-order valence-corrected chi connectivity index (χ4v) is 6.00. The lowest BCUT2D eigenvalue weighted by Crippen LogP contribution is -2.16. The van der Waals surface area contributed by atoms with Gasteiger partial charge in [-0.2, -0.15) is 0 Å². The Bertz CT molecular complexity index is 1670. The van der Waals surface area contributed by atoms with E-state index < -0.39 is 5.82 Å². The van der Waals surface area contributed by atoms with E-state index in [0.717, 1.165) is 47.5 Å². The lowest BCUT2D eigenvalue weighted by Gasteiger charge is -2.11. The van der Waals surface area contributed by atoms with E-state index in [1.807, 2.05) is 55.0 Å². The number of aromatic nitrogens is 4. The van der Waals surface area contributed by atoms with Crippen molar-refractivity contribution in [1.82, 2.24) is 24.3 Å². The molecule has 1 aliphatic carbocycles. The van der Waals surface area contributed by atoms with E-state index in [4.69, 9.17) is 4.98 Å². The lowest BCUT2D eigenvalue weighted by molar-refractivity contribution is -0.115. The SMILES string of the molecule is CN(C)Cc1nc(NC(=O)Cc2ccc(-c3cnc4cc(-c5ccncc5)ccn34)cc2F)sc1C1(C)CC1. The fourth-order valence-electron chi connectivity index (χ4n) is 4.80. The van der Waals surface area contributed by atoms with E-state index in [0.29, 0.717) is 16.3 Å². The third-order valence-electron chi connectivity index (χ3n) is 7.18. The molecule has 1 saturated carbocycles. The summed E-state index contributed by atoms with van der Waals surface area (Å²) in [5, 5.41) is 3.48. The molecule has 198 valence electrons. The van der Waals surface area contributed by atoms with Gasteiger partial charge in [-0.15, -0.1) is 11.3 Å². The van der Waals surface area contributed by atoms with Crippen molar-refractivity contribution in [1.29, 1.82) is 0 Å². The molecule has 0 radical (unpaired) electrons. The summed E-state index contributed by atoms with van der Waals surface area (Å²) in [7, 11) is 4.02. The van der Waals surface area contributed by atoms with Gasteiger partial charge in [-0.1, -0.05) is 19.1 Å². The number of rotatable bonds is 8. The molecule has 0 spiro atoms. The molecule has 1 aliphatic rings. The van der Waals surface area contributed by atoms with E-state index in [2.05, 4.69) is 27.1 Å². The van der Waals surface area contributed by atoms with Crippen LogP contribution in [0.1, 0.15) is 35.9 Å². The summed E-state index contributed by atoms with van der Waals surface area (Å²) in [6.07, 6.45) is 9.39. The molecule has 1 amide bonds. The zero-order valence-corrected chi connectivity index (χ0v) is 22.9. The summed E-state index contributed by atoms with van der Waals surface area (Å²) in [6, 6.07) is 12.9. The number of hydrogen-bond acceptors (Lipinski definition) is 6. The Morgan fingerprint density at radius 1 is 1.10 bits per heavy atom. The molecule has 5 aromatic rings. The van der Waals surface area contributed by atoms with Gasteiger partial charge in [0.25, 0.3) is 0 Å². The Labute approximate surface area is 230 Å². The molecule has 0 saturated heterocycles. The van der Waals surface area contributed by atoms with Crippen molar-refractivity contribution in [2.75, 3.05) is 19.4 Å². The van der Waals surface area contributed by atoms with Gasteiger partial charge in [0.1, 0.15) is 11.5 Å². The van der Waals surface area contributed by atoms with Crippen molar-refractivity contribution in [3.63, 3.8) is 0 Å². The number of nitrogens with zero attached hydrogens (tertiary/aromatic N) is 5. The van der Waals surface area contributed by atoms with E-state index in [9.17, 15) is 4.79 Å². The Balaban J connectivity index is 1.18. The van der Waals surface area contributed by atoms with Crippen LogP contribution in [0.3, 0.4) is 0 Å². The van der Waals surface area contributed by atoms with Crippen molar-refractivity contribution in [3.05, 3.63) is 89.2 Å². The van der Waals surface area contributed by atoms with Crippen molar-refractivity contribution < 1.29 is 9.18 Å². The zero-order valence-electron chi connectivity index (χ0n) is 22.1. The Morgan fingerprint density at radius 3 is 2.62 bits per heavy atom. The summed E-state index contributed by atoms with van der Waals surface area (Å²) >= 11 is 1.54. The number of pyridine rings is 2. The smallest absolute Gasteiger partial charge is 0.230 e. The quantitative estimate of drug-likeness (QED) is 0.263. The zero-order chi connectivity index (χ0) is 27.1. The van der Waals surface area contributed by atoms with E-state index >= 15 is 4.39 Å². The number of anilines is 1. The second-order valence-electron chi connectivity index (χ2n) is 10.6. The molecule has 0 bridgehead atoms. The first-order chi connectivity index (χ1) is 18.8. The number of hydrogen-bond donors (Lipinski definition) is 1. The van der Waals surface area contributed by atoms with Crippen molar-refractivity contribution >= 4 is 28.0 Å². The predicted octanol–water partition coefficient (Wildman–Crippen LogP) is 5.95. The first-order valence-electron chi connectivity index (χ1n) is 12.9. The van der Waals surface area contributed by atoms with Gasteiger partial charge in [-0.05, 0) is 74.0 Å². The number of halogens is 1. The van der Waals surface area contributed by atoms with E-state index in [1.165, 1.54) is 22.3 Å². The number of fused-ring (bicyclic) bond motifs is 1. The number of amides is 1. The molecule has 7 nitrogen and oxygen atoms in total. The van der Waals surface area contributed by atoms with Gasteiger partial charge in [0.15, 0.2) is 5.13 Å². The fraction of sp³-hybridized carbons (Fsp3) is 0.267. The average molecular weight is 541 g/mol. The largest absolute Gasteiger partial charge is 0.304 e.